The Morgan fingerprint density at radius 2 is 1.96 bits per heavy atom. The molecule has 0 saturated carbocycles. The molecule has 0 atom stereocenters. The van der Waals surface area contributed by atoms with Crippen molar-refractivity contribution in [2.24, 2.45) is 0 Å². The van der Waals surface area contributed by atoms with E-state index < -0.39 is 5.97 Å². The molecule has 0 radical (unpaired) electrons. The molecule has 27 heavy (non-hydrogen) atoms. The fourth-order valence-electron chi connectivity index (χ4n) is 2.62. The van der Waals surface area contributed by atoms with Crippen LogP contribution in [0.25, 0.3) is 11.1 Å². The van der Waals surface area contributed by atoms with Gasteiger partial charge in [0, 0.05) is 17.0 Å². The van der Waals surface area contributed by atoms with Gasteiger partial charge in [-0.3, -0.25) is 4.79 Å². The Bertz CT molecular complexity index is 954. The summed E-state index contributed by atoms with van der Waals surface area (Å²) >= 11 is 1.28. The number of amides is 1. The number of benzene rings is 1. The van der Waals surface area contributed by atoms with E-state index in [1.54, 1.807) is 23.8 Å². The van der Waals surface area contributed by atoms with E-state index in [4.69, 9.17) is 4.74 Å². The molecule has 0 fully saturated rings. The van der Waals surface area contributed by atoms with Crippen LogP contribution in [0.4, 0.5) is 5.00 Å². The summed E-state index contributed by atoms with van der Waals surface area (Å²) in [6, 6.07) is 12.6. The lowest BCUT2D eigenvalue weighted by atomic mass is 10.0. The van der Waals surface area contributed by atoms with Gasteiger partial charge in [-0.25, -0.2) is 4.79 Å². The van der Waals surface area contributed by atoms with E-state index in [0.29, 0.717) is 10.6 Å². The van der Waals surface area contributed by atoms with Gasteiger partial charge in [0.2, 0.25) is 12.7 Å². The zero-order valence-corrected chi connectivity index (χ0v) is 15.5. The third-order valence-electron chi connectivity index (χ3n) is 3.78. The second-order valence-electron chi connectivity index (χ2n) is 5.72. The number of nitrogens with zero attached hydrogens (tertiary/aromatic N) is 1. The van der Waals surface area contributed by atoms with E-state index in [1.807, 2.05) is 35.7 Å². The Kier molecular flexibility index (Phi) is 5.83. The Morgan fingerprint density at radius 3 is 2.67 bits per heavy atom. The number of pyridine rings is 1. The van der Waals surface area contributed by atoms with E-state index in [9.17, 15) is 14.7 Å². The van der Waals surface area contributed by atoms with Gasteiger partial charge < -0.3 is 15.2 Å². The second kappa shape index (κ2) is 8.46. The molecule has 0 spiro atoms. The van der Waals surface area contributed by atoms with Gasteiger partial charge in [-0.2, -0.15) is 4.57 Å². The molecule has 0 bridgehead atoms. The fourth-order valence-corrected chi connectivity index (χ4v) is 3.60. The van der Waals surface area contributed by atoms with Crippen LogP contribution in [-0.4, -0.2) is 23.6 Å². The van der Waals surface area contributed by atoms with E-state index in [-0.39, 0.29) is 24.8 Å². The van der Waals surface area contributed by atoms with Gasteiger partial charge in [0.1, 0.15) is 10.6 Å². The first-order chi connectivity index (χ1) is 13.1. The summed E-state index contributed by atoms with van der Waals surface area (Å²) in [5.74, 6) is -0.712. The van der Waals surface area contributed by atoms with Gasteiger partial charge in [0.25, 0.3) is 5.91 Å². The number of rotatable bonds is 6. The van der Waals surface area contributed by atoms with Crippen LogP contribution in [0.1, 0.15) is 17.3 Å². The van der Waals surface area contributed by atoms with Crippen molar-refractivity contribution in [2.45, 2.75) is 13.5 Å². The quantitative estimate of drug-likeness (QED) is 0.506. The van der Waals surface area contributed by atoms with Crippen molar-refractivity contribution in [2.75, 3.05) is 11.9 Å². The molecule has 1 aromatic carbocycles. The smallest absolute Gasteiger partial charge is 0.341 e. The molecule has 0 aliphatic carbocycles. The molecule has 0 aliphatic heterocycles. The monoisotopic (exact) mass is 383 g/mol. The first-order valence-electron chi connectivity index (χ1n) is 8.40. The first kappa shape index (κ1) is 18.6. The molecular formula is C20H19N2O4S+. The van der Waals surface area contributed by atoms with Crippen molar-refractivity contribution in [1.82, 2.24) is 0 Å². The zero-order valence-electron chi connectivity index (χ0n) is 14.7. The average Bonchev–Trinajstić information content (AvgIpc) is 3.06. The third kappa shape index (κ3) is 4.51. The molecule has 0 unspecified atom stereocenters. The predicted octanol–water partition coefficient (Wildman–Crippen LogP) is 3.22. The van der Waals surface area contributed by atoms with Gasteiger partial charge in [0.15, 0.2) is 11.9 Å². The van der Waals surface area contributed by atoms with Crippen LogP contribution < -0.4 is 9.88 Å². The number of hydrogen-bond acceptors (Lipinski definition) is 5. The number of hydrogen-bond donors (Lipinski definition) is 2. The van der Waals surface area contributed by atoms with Crippen LogP contribution in [0.2, 0.25) is 0 Å². The largest absolute Gasteiger partial charge is 0.503 e. The van der Waals surface area contributed by atoms with Gasteiger partial charge in [-0.15, -0.1) is 11.3 Å². The van der Waals surface area contributed by atoms with Crippen molar-refractivity contribution >= 4 is 28.2 Å². The molecule has 0 aliphatic rings. The van der Waals surface area contributed by atoms with Crippen LogP contribution in [0.3, 0.4) is 0 Å². The molecule has 2 N–H and O–H groups in total. The average molecular weight is 383 g/mol. The Hall–Kier alpha value is -3.19. The highest BCUT2D eigenvalue weighted by Gasteiger charge is 2.23. The van der Waals surface area contributed by atoms with Crippen molar-refractivity contribution in [3.8, 4) is 16.9 Å². The summed E-state index contributed by atoms with van der Waals surface area (Å²) < 4.78 is 6.74. The third-order valence-corrected chi connectivity index (χ3v) is 4.67. The van der Waals surface area contributed by atoms with Crippen molar-refractivity contribution in [3.63, 3.8) is 0 Å². The topological polar surface area (TPSA) is 79.5 Å². The molecule has 3 rings (SSSR count). The minimum absolute atomic E-state index is 0.00916. The molecular weight excluding hydrogens is 364 g/mol. The molecule has 7 heteroatoms. The van der Waals surface area contributed by atoms with Crippen LogP contribution in [0.5, 0.6) is 5.75 Å². The van der Waals surface area contributed by atoms with Crippen LogP contribution in [0, 0.1) is 0 Å². The number of carbonyl (C=O) groups excluding carboxylic acids is 2. The van der Waals surface area contributed by atoms with Crippen LogP contribution in [-0.2, 0) is 16.1 Å². The maximum atomic E-state index is 12.5. The van der Waals surface area contributed by atoms with Crippen molar-refractivity contribution in [1.29, 1.82) is 0 Å². The van der Waals surface area contributed by atoms with Gasteiger partial charge in [-0.1, -0.05) is 30.3 Å². The summed E-state index contributed by atoms with van der Waals surface area (Å²) in [7, 11) is 0. The minimum atomic E-state index is -0.474. The van der Waals surface area contributed by atoms with E-state index in [0.717, 1.165) is 11.1 Å². The van der Waals surface area contributed by atoms with Crippen molar-refractivity contribution < 1.29 is 24.0 Å². The molecule has 1 amide bonds. The summed E-state index contributed by atoms with van der Waals surface area (Å²) in [5, 5.41) is 14.6. The lowest BCUT2D eigenvalue weighted by Crippen LogP contribution is -2.39. The van der Waals surface area contributed by atoms with E-state index in [1.165, 1.54) is 23.6 Å². The number of nitrogens with one attached hydrogen (secondary N) is 1. The maximum Gasteiger partial charge on any atom is 0.341 e. The number of ether oxygens (including phenoxy) is 1. The standard InChI is InChI=1S/C20H18N2O4S/c1-2-26-20(25)18-16(14-7-4-3-5-8-14)13-27-19(18)21-17(24)12-22-10-6-9-15(23)11-22/h3-11,13H,2,12H2,1H3,(H-,21,23,24,25)/p+1. The number of aromatic nitrogens is 1. The van der Waals surface area contributed by atoms with Gasteiger partial charge >= 0.3 is 5.97 Å². The molecule has 2 heterocycles. The summed E-state index contributed by atoms with van der Waals surface area (Å²) in [6.07, 6.45) is 3.13. The Labute approximate surface area is 160 Å². The highest BCUT2D eigenvalue weighted by molar-refractivity contribution is 7.15. The lowest BCUT2D eigenvalue weighted by Gasteiger charge is -2.08. The zero-order chi connectivity index (χ0) is 19.2. The Morgan fingerprint density at radius 1 is 1.19 bits per heavy atom. The number of carbonyl (C=O) groups is 2. The number of esters is 1. The normalized spacial score (nSPS) is 10.4. The van der Waals surface area contributed by atoms with E-state index in [2.05, 4.69) is 5.32 Å². The predicted molar refractivity (Wildman–Crippen MR) is 103 cm³/mol. The van der Waals surface area contributed by atoms with Crippen molar-refractivity contribution in [3.05, 3.63) is 65.8 Å². The SMILES string of the molecule is CCOC(=O)c1c(-c2ccccc2)csc1NC(=O)C[n+]1cccc(O)c1. The maximum absolute atomic E-state index is 12.5. The van der Waals surface area contributed by atoms with Crippen LogP contribution in [0.15, 0.2) is 60.2 Å². The fraction of sp³-hybridized carbons (Fsp3) is 0.150. The highest BCUT2D eigenvalue weighted by atomic mass is 32.1. The second-order valence-corrected chi connectivity index (χ2v) is 6.60. The number of thiophene rings is 1. The Balaban J connectivity index is 1.87. The molecule has 6 nitrogen and oxygen atoms in total. The molecule has 3 aromatic rings. The number of anilines is 1. The van der Waals surface area contributed by atoms with E-state index >= 15 is 0 Å². The van der Waals surface area contributed by atoms with Gasteiger partial charge in [0.05, 0.1) is 6.61 Å². The molecule has 0 saturated heterocycles. The summed E-state index contributed by atoms with van der Waals surface area (Å²) in [4.78, 5) is 24.9. The first-order valence-corrected chi connectivity index (χ1v) is 9.28. The lowest BCUT2D eigenvalue weighted by molar-refractivity contribution is -0.684. The summed E-state index contributed by atoms with van der Waals surface area (Å²) in [5.41, 5.74) is 1.95. The summed E-state index contributed by atoms with van der Waals surface area (Å²) in [6.45, 7) is 1.99. The molecule has 138 valence electrons. The molecule has 2 aromatic heterocycles. The number of aromatic hydroxyl groups is 1. The highest BCUT2D eigenvalue weighted by Crippen LogP contribution is 2.36. The van der Waals surface area contributed by atoms with Gasteiger partial charge in [-0.05, 0) is 18.6 Å². The van der Waals surface area contributed by atoms with Crippen LogP contribution >= 0.6 is 11.3 Å². The minimum Gasteiger partial charge on any atom is -0.503 e.